The fraction of sp³-hybridized carbons (Fsp3) is 0.936. The van der Waals surface area contributed by atoms with Crippen molar-refractivity contribution in [3.63, 3.8) is 0 Å². The van der Waals surface area contributed by atoms with E-state index < -0.39 is 0 Å². The van der Waals surface area contributed by atoms with Crippen LogP contribution >= 0.6 is 0 Å². The molecule has 8 heteroatoms. The van der Waals surface area contributed by atoms with E-state index in [4.69, 9.17) is 24.6 Å². The smallest absolute Gasteiger partial charge is 0.290 e. The van der Waals surface area contributed by atoms with Gasteiger partial charge in [0.05, 0.1) is 0 Å². The summed E-state index contributed by atoms with van der Waals surface area (Å²) in [6, 6.07) is 0. The fourth-order valence-corrected chi connectivity index (χ4v) is 7.32. The summed E-state index contributed by atoms with van der Waals surface area (Å²) in [4.78, 5) is 27.5. The summed E-state index contributed by atoms with van der Waals surface area (Å²) in [6.07, 6.45) is 53.1. The molecule has 5 N–H and O–H groups in total. The van der Waals surface area contributed by atoms with E-state index in [1.54, 1.807) is 0 Å². The van der Waals surface area contributed by atoms with Crippen molar-refractivity contribution in [1.29, 1.82) is 0 Å². The molecule has 1 fully saturated rings. The van der Waals surface area contributed by atoms with Crippen molar-refractivity contribution in [2.75, 3.05) is 33.7 Å². The van der Waals surface area contributed by atoms with E-state index in [2.05, 4.69) is 43.9 Å². The van der Waals surface area contributed by atoms with Gasteiger partial charge in [-0.3, -0.25) is 14.4 Å². The SMILES string of the molecule is CCCCCCCCCCCCCCCCNCCCCCCCC1CCCCCCCCCCCCCC1.CCCCN(C)C.NC=O.O=CO.O=CO. The van der Waals surface area contributed by atoms with Gasteiger partial charge >= 0.3 is 0 Å². The largest absolute Gasteiger partial charge is 0.483 e. The number of unbranched alkanes of at least 4 members (excludes halogenated alkanes) is 18. The number of hydrogen-bond acceptors (Lipinski definition) is 5. The third-order valence-corrected chi connectivity index (χ3v) is 10.6. The van der Waals surface area contributed by atoms with Crippen LogP contribution in [0.2, 0.25) is 0 Å². The Morgan fingerprint density at radius 1 is 0.491 bits per heavy atom. The maximum Gasteiger partial charge on any atom is 0.290 e. The molecule has 1 rings (SSSR count). The van der Waals surface area contributed by atoms with Crippen molar-refractivity contribution in [2.24, 2.45) is 11.7 Å². The molecule has 0 unspecified atom stereocenters. The molecule has 0 aliphatic heterocycles. The van der Waals surface area contributed by atoms with E-state index >= 15 is 0 Å². The Hall–Kier alpha value is -1.67. The number of carbonyl (C=O) groups is 3. The first kappa shape index (κ1) is 60.0. The Morgan fingerprint density at radius 3 is 1.05 bits per heavy atom. The number of nitrogens with two attached hydrogens (primary N) is 1. The highest BCUT2D eigenvalue weighted by Crippen LogP contribution is 2.25. The van der Waals surface area contributed by atoms with E-state index in [-0.39, 0.29) is 19.4 Å². The molecule has 1 aliphatic rings. The van der Waals surface area contributed by atoms with Crippen LogP contribution in [0.15, 0.2) is 0 Å². The fourth-order valence-electron chi connectivity index (χ4n) is 7.32. The summed E-state index contributed by atoms with van der Waals surface area (Å²) in [7, 11) is 4.21. The topological polar surface area (TPSA) is 133 Å². The molecule has 0 aromatic heterocycles. The van der Waals surface area contributed by atoms with Gasteiger partial charge in [-0.1, -0.05) is 226 Å². The Labute approximate surface area is 343 Å². The van der Waals surface area contributed by atoms with Gasteiger partial charge in [-0.25, -0.2) is 0 Å². The summed E-state index contributed by atoms with van der Waals surface area (Å²) in [5.41, 5.74) is 4.17. The van der Waals surface area contributed by atoms with Crippen molar-refractivity contribution in [3.05, 3.63) is 0 Å². The maximum atomic E-state index is 8.58. The summed E-state index contributed by atoms with van der Waals surface area (Å²) in [5, 5.41) is 17.5. The minimum absolute atomic E-state index is 0.250. The van der Waals surface area contributed by atoms with Crippen LogP contribution in [0.5, 0.6) is 0 Å². The molecule has 55 heavy (non-hydrogen) atoms. The second kappa shape index (κ2) is 61.5. The van der Waals surface area contributed by atoms with E-state index in [0.29, 0.717) is 0 Å². The Morgan fingerprint density at radius 2 is 0.764 bits per heavy atom. The Bertz CT molecular complexity index is 638. The van der Waals surface area contributed by atoms with Crippen molar-refractivity contribution >= 4 is 19.4 Å². The molecule has 8 nitrogen and oxygen atoms in total. The number of carboxylic acid groups (broad SMARTS) is 2. The lowest BCUT2D eigenvalue weighted by atomic mass is 9.89. The predicted molar refractivity (Wildman–Crippen MR) is 240 cm³/mol. The second-order valence-electron chi connectivity index (χ2n) is 16.1. The van der Waals surface area contributed by atoms with Crippen molar-refractivity contribution in [2.45, 2.75) is 245 Å². The summed E-state index contributed by atoms with van der Waals surface area (Å²) in [6.45, 7) is 7.75. The van der Waals surface area contributed by atoms with E-state index in [9.17, 15) is 0 Å². The van der Waals surface area contributed by atoms with E-state index in [0.717, 1.165) is 5.92 Å². The van der Waals surface area contributed by atoms with Gasteiger partial charge in [0, 0.05) is 0 Å². The molecule has 1 saturated carbocycles. The van der Waals surface area contributed by atoms with Crippen LogP contribution in [0.1, 0.15) is 245 Å². The highest BCUT2D eigenvalue weighted by molar-refractivity contribution is 5.42. The second-order valence-corrected chi connectivity index (χ2v) is 16.1. The number of nitrogens with zero attached hydrogens (tertiary/aromatic N) is 1. The lowest BCUT2D eigenvalue weighted by Crippen LogP contribution is -2.16. The minimum Gasteiger partial charge on any atom is -0.483 e. The lowest BCUT2D eigenvalue weighted by molar-refractivity contribution is -0.123. The summed E-state index contributed by atoms with van der Waals surface area (Å²) in [5.74, 6) is 1.04. The average Bonchev–Trinajstić information content (AvgIpc) is 3.17. The standard InChI is InChI=1S/C38H77N.C6H15N.CH3NO.2CH2O2/c1-2-3-4-5-6-7-8-9-12-15-18-21-26-31-36-39-37-32-27-22-25-30-35-38-33-28-23-19-16-13-10-11-14-17-20-24-29-34-38;1-4-5-6-7(2)3;3*2-1-3/h38-39H,2-37H2,1H3;4-6H2,1-3H3;1H,(H2,2,3);2*1H,(H,2,3). The summed E-state index contributed by atoms with van der Waals surface area (Å²) < 4.78 is 0. The van der Waals surface area contributed by atoms with Crippen LogP contribution in [0, 0.1) is 5.92 Å². The van der Waals surface area contributed by atoms with Crippen LogP contribution in [0.4, 0.5) is 0 Å². The number of nitrogens with one attached hydrogen (secondary N) is 1. The first-order chi connectivity index (χ1) is 26.9. The molecule has 0 aromatic carbocycles. The third kappa shape index (κ3) is 70.6. The number of primary amides is 1. The van der Waals surface area contributed by atoms with Crippen LogP contribution in [0.3, 0.4) is 0 Å². The molecule has 0 radical (unpaired) electrons. The quantitative estimate of drug-likeness (QED) is 0.0507. The molecule has 1 amide bonds. The molecule has 0 spiro atoms. The van der Waals surface area contributed by atoms with Crippen LogP contribution in [-0.4, -0.2) is 68.2 Å². The third-order valence-electron chi connectivity index (χ3n) is 10.6. The maximum absolute atomic E-state index is 8.58. The van der Waals surface area contributed by atoms with Gasteiger partial charge in [-0.05, 0) is 58.9 Å². The number of rotatable bonds is 26. The molecular formula is C47H99N3O5. The van der Waals surface area contributed by atoms with Gasteiger partial charge in [0.2, 0.25) is 6.41 Å². The Balaban J connectivity index is -0.000000683. The number of carbonyl (C=O) groups excluding carboxylic acids is 1. The van der Waals surface area contributed by atoms with Gasteiger partial charge < -0.3 is 26.2 Å². The molecule has 1 aliphatic carbocycles. The molecule has 0 heterocycles. The van der Waals surface area contributed by atoms with Crippen molar-refractivity contribution in [3.8, 4) is 0 Å². The zero-order valence-electron chi connectivity index (χ0n) is 37.5. The highest BCUT2D eigenvalue weighted by Gasteiger charge is 2.09. The van der Waals surface area contributed by atoms with E-state index in [1.165, 1.54) is 251 Å². The first-order valence-electron chi connectivity index (χ1n) is 23.6. The number of amides is 1. The van der Waals surface area contributed by atoms with Gasteiger partial charge in [0.15, 0.2) is 0 Å². The Kier molecular flexibility index (Phi) is 67.2. The normalized spacial score (nSPS) is 14.1. The molecule has 0 aromatic rings. The van der Waals surface area contributed by atoms with Crippen molar-refractivity contribution < 1.29 is 24.6 Å². The average molecular weight is 786 g/mol. The van der Waals surface area contributed by atoms with Crippen molar-refractivity contribution in [1.82, 2.24) is 10.2 Å². The van der Waals surface area contributed by atoms with Crippen LogP contribution in [0.25, 0.3) is 0 Å². The molecule has 0 saturated heterocycles. The monoisotopic (exact) mass is 786 g/mol. The first-order valence-corrected chi connectivity index (χ1v) is 23.6. The molecule has 0 bridgehead atoms. The number of hydrogen-bond donors (Lipinski definition) is 4. The van der Waals surface area contributed by atoms with Gasteiger partial charge in [0.1, 0.15) is 0 Å². The molecule has 0 atom stereocenters. The minimum atomic E-state index is -0.250. The van der Waals surface area contributed by atoms with E-state index in [1.807, 2.05) is 0 Å². The zero-order valence-corrected chi connectivity index (χ0v) is 37.5. The van der Waals surface area contributed by atoms with Gasteiger partial charge in [-0.15, -0.1) is 0 Å². The molecular weight excluding hydrogens is 687 g/mol. The lowest BCUT2D eigenvalue weighted by Gasteiger charge is -2.17. The molecule has 332 valence electrons. The predicted octanol–water partition coefficient (Wildman–Crippen LogP) is 13.3. The highest BCUT2D eigenvalue weighted by atomic mass is 16.3. The summed E-state index contributed by atoms with van der Waals surface area (Å²) >= 11 is 0. The van der Waals surface area contributed by atoms with Gasteiger partial charge in [-0.2, -0.15) is 0 Å². The van der Waals surface area contributed by atoms with Gasteiger partial charge in [0.25, 0.3) is 12.9 Å². The van der Waals surface area contributed by atoms with Crippen LogP contribution < -0.4 is 11.1 Å². The zero-order chi connectivity index (χ0) is 41.6. The van der Waals surface area contributed by atoms with Crippen LogP contribution in [-0.2, 0) is 14.4 Å².